The molecule has 1 N–H and O–H groups in total. The molecule has 0 bridgehead atoms. The molecule has 2 aliphatic heterocycles. The zero-order valence-electron chi connectivity index (χ0n) is 13.1. The first-order chi connectivity index (χ1) is 11.2. The van der Waals surface area contributed by atoms with Crippen molar-refractivity contribution in [1.82, 2.24) is 0 Å². The first kappa shape index (κ1) is 17.3. The van der Waals surface area contributed by atoms with Gasteiger partial charge in [-0.2, -0.15) is 0 Å². The van der Waals surface area contributed by atoms with Crippen molar-refractivity contribution in [3.05, 3.63) is 58.6 Å². The van der Waals surface area contributed by atoms with Gasteiger partial charge in [-0.25, -0.2) is 0 Å². The molecule has 1 atom stereocenters. The summed E-state index contributed by atoms with van der Waals surface area (Å²) in [6.07, 6.45) is 0.515. The Morgan fingerprint density at radius 2 is 1.79 bits per heavy atom. The predicted octanol–water partition coefficient (Wildman–Crippen LogP) is 0.573. The van der Waals surface area contributed by atoms with Crippen LogP contribution in [0.4, 0.5) is 11.4 Å². The van der Waals surface area contributed by atoms with Gasteiger partial charge in [0.1, 0.15) is 0 Å². The number of aliphatic imine (C=N–C) groups is 1. The van der Waals surface area contributed by atoms with Gasteiger partial charge in [0, 0.05) is 17.6 Å². The normalized spacial score (nSPS) is 16.8. The van der Waals surface area contributed by atoms with Crippen molar-refractivity contribution in [2.24, 2.45) is 4.99 Å². The highest BCUT2D eigenvalue weighted by molar-refractivity contribution is 9.10. The Kier molecular flexibility index (Phi) is 5.13. The average Bonchev–Trinajstić information content (AvgIpc) is 2.90. The smallest absolute Gasteiger partial charge is 0.205 e. The van der Waals surface area contributed by atoms with Crippen molar-refractivity contribution in [3.63, 3.8) is 0 Å². The number of hydrogen-bond donors (Lipinski definition) is 1. The number of guanidine groups is 1. The van der Waals surface area contributed by atoms with Crippen molar-refractivity contribution in [1.29, 1.82) is 0 Å². The number of halogens is 2. The fourth-order valence-corrected chi connectivity index (χ4v) is 3.49. The number of rotatable bonds is 3. The Bertz CT molecular complexity index is 750. The highest BCUT2D eigenvalue weighted by atomic mass is 79.9. The van der Waals surface area contributed by atoms with Gasteiger partial charge in [-0.05, 0) is 36.2 Å². The molecular weight excluding hydrogens is 390 g/mol. The van der Waals surface area contributed by atoms with Crippen molar-refractivity contribution < 1.29 is 17.5 Å². The lowest BCUT2D eigenvalue weighted by Crippen LogP contribution is -3.00. The molecule has 0 saturated carbocycles. The van der Waals surface area contributed by atoms with Gasteiger partial charge in [0.25, 0.3) is 0 Å². The number of para-hydroxylation sites is 2. The number of fused-ring (bicyclic) bond motifs is 3. The lowest BCUT2D eigenvalue weighted by Gasteiger charge is -2.28. The highest BCUT2D eigenvalue weighted by Crippen LogP contribution is 2.39. The van der Waals surface area contributed by atoms with Gasteiger partial charge in [0.2, 0.25) is 5.96 Å². The van der Waals surface area contributed by atoms with Crippen LogP contribution in [0, 0.1) is 0 Å². The molecule has 0 saturated heterocycles. The van der Waals surface area contributed by atoms with Crippen LogP contribution in [0.2, 0.25) is 0 Å². The molecule has 2 aliphatic rings. The SMILES string of the molecule is OC(CN1C2=NCCCN2c2ccccc21)c1ccc(Br)cc1.[Cl-]. The summed E-state index contributed by atoms with van der Waals surface area (Å²) in [7, 11) is 0. The Morgan fingerprint density at radius 3 is 2.54 bits per heavy atom. The third kappa shape index (κ3) is 3.04. The van der Waals surface area contributed by atoms with Crippen molar-refractivity contribution >= 4 is 33.3 Å². The zero-order valence-corrected chi connectivity index (χ0v) is 15.4. The van der Waals surface area contributed by atoms with Crippen LogP contribution in [-0.2, 0) is 0 Å². The minimum atomic E-state index is -0.555. The Labute approximate surface area is 156 Å². The summed E-state index contributed by atoms with van der Waals surface area (Å²) in [6, 6.07) is 16.2. The van der Waals surface area contributed by atoms with Crippen LogP contribution in [-0.4, -0.2) is 30.7 Å². The molecule has 0 aromatic heterocycles. The summed E-state index contributed by atoms with van der Waals surface area (Å²) in [5.41, 5.74) is 3.24. The van der Waals surface area contributed by atoms with Crippen LogP contribution in [0.25, 0.3) is 0 Å². The molecule has 0 radical (unpaired) electrons. The van der Waals surface area contributed by atoms with Gasteiger partial charge in [-0.15, -0.1) is 0 Å². The molecule has 2 aromatic rings. The van der Waals surface area contributed by atoms with E-state index in [9.17, 15) is 5.11 Å². The quantitative estimate of drug-likeness (QED) is 0.809. The average molecular weight is 408 g/mol. The van der Waals surface area contributed by atoms with E-state index < -0.39 is 6.10 Å². The maximum atomic E-state index is 10.7. The van der Waals surface area contributed by atoms with E-state index in [2.05, 4.69) is 43.9 Å². The summed E-state index contributed by atoms with van der Waals surface area (Å²) >= 11 is 3.43. The largest absolute Gasteiger partial charge is 1.00 e. The Balaban J connectivity index is 0.00000169. The number of β-amino-alcohol motifs (C(OH)–C–C–N with tert-alkyl or cyclic N) is 1. The van der Waals surface area contributed by atoms with E-state index in [1.807, 2.05) is 30.3 Å². The van der Waals surface area contributed by atoms with E-state index in [-0.39, 0.29) is 12.4 Å². The number of hydrogen-bond acceptors (Lipinski definition) is 4. The molecule has 0 aliphatic carbocycles. The van der Waals surface area contributed by atoms with E-state index in [1.54, 1.807) is 0 Å². The Morgan fingerprint density at radius 1 is 1.08 bits per heavy atom. The van der Waals surface area contributed by atoms with E-state index in [0.29, 0.717) is 6.54 Å². The molecule has 24 heavy (non-hydrogen) atoms. The fourth-order valence-electron chi connectivity index (χ4n) is 3.22. The second-order valence-electron chi connectivity index (χ2n) is 5.85. The lowest BCUT2D eigenvalue weighted by molar-refractivity contribution is -0.00000605. The maximum Gasteiger partial charge on any atom is 0.205 e. The molecule has 1 unspecified atom stereocenters. The van der Waals surface area contributed by atoms with Gasteiger partial charge in [0.05, 0.1) is 24.0 Å². The van der Waals surface area contributed by atoms with Crippen molar-refractivity contribution in [2.45, 2.75) is 12.5 Å². The van der Waals surface area contributed by atoms with Crippen LogP contribution >= 0.6 is 15.9 Å². The van der Waals surface area contributed by atoms with Gasteiger partial charge in [0.15, 0.2) is 0 Å². The molecule has 0 fully saturated rings. The second kappa shape index (κ2) is 7.13. The number of anilines is 2. The number of aliphatic hydroxyl groups is 1. The van der Waals surface area contributed by atoms with Crippen LogP contribution in [0.3, 0.4) is 0 Å². The zero-order chi connectivity index (χ0) is 15.8. The number of benzene rings is 2. The summed E-state index contributed by atoms with van der Waals surface area (Å²) in [6.45, 7) is 2.35. The van der Waals surface area contributed by atoms with E-state index in [0.717, 1.165) is 41.2 Å². The minimum absolute atomic E-state index is 0. The summed E-state index contributed by atoms with van der Waals surface area (Å²) in [5.74, 6) is 0.966. The molecular formula is C18H18BrClN3O-. The fraction of sp³-hybridized carbons (Fsp3) is 0.278. The molecule has 6 heteroatoms. The van der Waals surface area contributed by atoms with Gasteiger partial charge in [-0.1, -0.05) is 40.2 Å². The lowest BCUT2D eigenvalue weighted by atomic mass is 10.1. The highest BCUT2D eigenvalue weighted by Gasteiger charge is 2.34. The first-order valence-corrected chi connectivity index (χ1v) is 8.65. The molecule has 2 aromatic carbocycles. The van der Waals surface area contributed by atoms with Gasteiger partial charge < -0.3 is 27.3 Å². The first-order valence-electron chi connectivity index (χ1n) is 7.86. The monoisotopic (exact) mass is 406 g/mol. The van der Waals surface area contributed by atoms with Crippen LogP contribution in [0.5, 0.6) is 0 Å². The Hall–Kier alpha value is -1.56. The maximum absolute atomic E-state index is 10.7. The standard InChI is InChI=1S/C18H18BrN3O.ClH/c19-14-8-6-13(7-9-14)17(23)12-22-16-5-2-1-4-15(16)21-11-3-10-20-18(21)22;/h1-2,4-9,17,23H,3,10-12H2;1H/p-1. The minimum Gasteiger partial charge on any atom is -1.00 e. The van der Waals surface area contributed by atoms with Crippen molar-refractivity contribution in [2.75, 3.05) is 29.4 Å². The van der Waals surface area contributed by atoms with Gasteiger partial charge >= 0.3 is 0 Å². The van der Waals surface area contributed by atoms with Crippen LogP contribution in [0.1, 0.15) is 18.1 Å². The van der Waals surface area contributed by atoms with Crippen LogP contribution in [0.15, 0.2) is 58.0 Å². The summed E-state index contributed by atoms with van der Waals surface area (Å²) < 4.78 is 1.02. The summed E-state index contributed by atoms with van der Waals surface area (Å²) in [5, 5.41) is 10.7. The van der Waals surface area contributed by atoms with Gasteiger partial charge in [-0.3, -0.25) is 4.99 Å². The predicted molar refractivity (Wildman–Crippen MR) is 97.2 cm³/mol. The third-order valence-corrected chi connectivity index (χ3v) is 4.88. The molecule has 126 valence electrons. The van der Waals surface area contributed by atoms with E-state index in [1.165, 1.54) is 5.69 Å². The topological polar surface area (TPSA) is 39.1 Å². The number of nitrogens with zero attached hydrogens (tertiary/aromatic N) is 3. The third-order valence-electron chi connectivity index (χ3n) is 4.35. The van der Waals surface area contributed by atoms with Crippen LogP contribution < -0.4 is 22.2 Å². The van der Waals surface area contributed by atoms with Crippen molar-refractivity contribution in [3.8, 4) is 0 Å². The van der Waals surface area contributed by atoms with E-state index >= 15 is 0 Å². The molecule has 4 rings (SSSR count). The molecule has 0 amide bonds. The van der Waals surface area contributed by atoms with E-state index in [4.69, 9.17) is 4.99 Å². The summed E-state index contributed by atoms with van der Waals surface area (Å²) in [4.78, 5) is 9.10. The molecule has 0 spiro atoms. The second-order valence-corrected chi connectivity index (χ2v) is 6.77. The molecule has 2 heterocycles. The molecule has 4 nitrogen and oxygen atoms in total. The number of aliphatic hydroxyl groups excluding tert-OH is 1.